The SMILES string of the molecule is CCOc1ccc(/C(O)=C2\C(=O)C(=O)N(Cc3ccccc3)C2c2cc(Br)c(O)c(OC)c2)cc1. The van der Waals surface area contributed by atoms with Crippen LogP contribution in [0.2, 0.25) is 0 Å². The maximum absolute atomic E-state index is 13.3. The molecule has 0 bridgehead atoms. The molecule has 1 fully saturated rings. The van der Waals surface area contributed by atoms with Crippen LogP contribution in [-0.2, 0) is 16.1 Å². The Kier molecular flexibility index (Phi) is 7.12. The monoisotopic (exact) mass is 537 g/mol. The van der Waals surface area contributed by atoms with Gasteiger partial charge in [0.05, 0.1) is 29.8 Å². The van der Waals surface area contributed by atoms with Crippen molar-refractivity contribution < 1.29 is 29.3 Å². The molecule has 4 rings (SSSR count). The molecule has 1 aliphatic rings. The minimum Gasteiger partial charge on any atom is -0.507 e. The Balaban J connectivity index is 1.88. The van der Waals surface area contributed by atoms with Gasteiger partial charge in [0.15, 0.2) is 11.5 Å². The van der Waals surface area contributed by atoms with Crippen molar-refractivity contribution in [2.24, 2.45) is 0 Å². The van der Waals surface area contributed by atoms with Gasteiger partial charge in [0, 0.05) is 12.1 Å². The molecule has 1 heterocycles. The lowest BCUT2D eigenvalue weighted by Crippen LogP contribution is -2.29. The maximum atomic E-state index is 13.3. The van der Waals surface area contributed by atoms with Gasteiger partial charge in [0.2, 0.25) is 0 Å². The van der Waals surface area contributed by atoms with Crippen molar-refractivity contribution in [3.63, 3.8) is 0 Å². The third-order valence-corrected chi connectivity index (χ3v) is 6.37. The number of amides is 1. The number of phenols is 1. The summed E-state index contributed by atoms with van der Waals surface area (Å²) < 4.78 is 11.1. The van der Waals surface area contributed by atoms with Gasteiger partial charge in [-0.15, -0.1) is 0 Å². The number of carbonyl (C=O) groups is 2. The predicted octanol–water partition coefficient (Wildman–Crippen LogP) is 5.18. The Morgan fingerprint density at radius 1 is 1.06 bits per heavy atom. The summed E-state index contributed by atoms with van der Waals surface area (Å²) in [5, 5.41) is 21.5. The number of phenolic OH excluding ortho intramolecular Hbond substituents is 1. The van der Waals surface area contributed by atoms with Crippen LogP contribution in [0.1, 0.15) is 29.7 Å². The zero-order valence-corrected chi connectivity index (χ0v) is 20.8. The lowest BCUT2D eigenvalue weighted by molar-refractivity contribution is -0.140. The van der Waals surface area contributed by atoms with Crippen molar-refractivity contribution in [1.82, 2.24) is 4.90 Å². The highest BCUT2D eigenvalue weighted by atomic mass is 79.9. The van der Waals surface area contributed by atoms with Crippen LogP contribution in [-0.4, -0.2) is 40.5 Å². The second kappa shape index (κ2) is 10.2. The van der Waals surface area contributed by atoms with Crippen LogP contribution < -0.4 is 9.47 Å². The number of methoxy groups -OCH3 is 1. The summed E-state index contributed by atoms with van der Waals surface area (Å²) in [7, 11) is 1.41. The fraction of sp³-hybridized carbons (Fsp3) is 0.185. The third-order valence-electron chi connectivity index (χ3n) is 5.76. The number of rotatable bonds is 7. The number of halogens is 1. The Morgan fingerprint density at radius 3 is 2.37 bits per heavy atom. The largest absolute Gasteiger partial charge is 0.507 e. The van der Waals surface area contributed by atoms with E-state index in [0.29, 0.717) is 28.0 Å². The number of aromatic hydroxyl groups is 1. The van der Waals surface area contributed by atoms with Crippen LogP contribution in [0.3, 0.4) is 0 Å². The van der Waals surface area contributed by atoms with E-state index in [1.807, 2.05) is 37.3 Å². The van der Waals surface area contributed by atoms with Gasteiger partial charge in [-0.25, -0.2) is 0 Å². The standard InChI is InChI=1S/C27H24BrNO6/c1-3-35-19-11-9-17(10-12-19)24(30)22-23(18-13-20(28)25(31)21(14-18)34-2)29(27(33)26(22)32)15-16-7-5-4-6-8-16/h4-14,23,30-31H,3,15H2,1-2H3/b24-22+. The average Bonchev–Trinajstić information content (AvgIpc) is 3.11. The molecule has 2 N–H and O–H groups in total. The first-order chi connectivity index (χ1) is 16.8. The molecule has 1 amide bonds. The van der Waals surface area contributed by atoms with Crippen molar-refractivity contribution in [3.05, 3.63) is 93.5 Å². The molecule has 3 aromatic carbocycles. The second-order valence-corrected chi connectivity index (χ2v) is 8.78. The highest BCUT2D eigenvalue weighted by molar-refractivity contribution is 9.10. The quantitative estimate of drug-likeness (QED) is 0.245. The predicted molar refractivity (Wildman–Crippen MR) is 134 cm³/mol. The average molecular weight is 538 g/mol. The van der Waals surface area contributed by atoms with Crippen molar-refractivity contribution in [2.45, 2.75) is 19.5 Å². The van der Waals surface area contributed by atoms with E-state index in [1.54, 1.807) is 36.4 Å². The van der Waals surface area contributed by atoms with E-state index in [-0.39, 0.29) is 29.4 Å². The van der Waals surface area contributed by atoms with Gasteiger partial charge in [-0.2, -0.15) is 0 Å². The minimum absolute atomic E-state index is 0.0465. The highest BCUT2D eigenvalue weighted by Crippen LogP contribution is 2.44. The number of carbonyl (C=O) groups excluding carboxylic acids is 2. The molecule has 1 saturated heterocycles. The number of Topliss-reactive ketones (excluding diaryl/α,β-unsaturated/α-hetero) is 1. The van der Waals surface area contributed by atoms with E-state index in [2.05, 4.69) is 15.9 Å². The molecule has 180 valence electrons. The molecule has 8 heteroatoms. The molecule has 3 aromatic rings. The van der Waals surface area contributed by atoms with E-state index in [1.165, 1.54) is 12.0 Å². The molecular formula is C27H24BrNO6. The third kappa shape index (κ3) is 4.74. The lowest BCUT2D eigenvalue weighted by Gasteiger charge is -2.26. The first kappa shape index (κ1) is 24.3. The molecular weight excluding hydrogens is 514 g/mol. The summed E-state index contributed by atoms with van der Waals surface area (Å²) in [5.41, 5.74) is 1.65. The summed E-state index contributed by atoms with van der Waals surface area (Å²) in [6.45, 7) is 2.51. The normalized spacial score (nSPS) is 17.0. The molecule has 1 aliphatic heterocycles. The Morgan fingerprint density at radius 2 is 1.74 bits per heavy atom. The Hall–Kier alpha value is -3.78. The molecule has 0 radical (unpaired) electrons. The number of aliphatic hydroxyl groups is 1. The first-order valence-corrected chi connectivity index (χ1v) is 11.8. The van der Waals surface area contributed by atoms with Crippen LogP contribution >= 0.6 is 15.9 Å². The van der Waals surface area contributed by atoms with E-state index in [9.17, 15) is 19.8 Å². The van der Waals surface area contributed by atoms with Crippen molar-refractivity contribution >= 4 is 33.4 Å². The molecule has 0 spiro atoms. The van der Waals surface area contributed by atoms with Gasteiger partial charge >= 0.3 is 0 Å². The van der Waals surface area contributed by atoms with Gasteiger partial charge in [-0.05, 0) is 70.4 Å². The molecule has 1 atom stereocenters. The zero-order chi connectivity index (χ0) is 25.1. The van der Waals surface area contributed by atoms with E-state index < -0.39 is 17.7 Å². The zero-order valence-electron chi connectivity index (χ0n) is 19.2. The van der Waals surface area contributed by atoms with Crippen LogP contribution in [0.25, 0.3) is 5.76 Å². The summed E-state index contributed by atoms with van der Waals surface area (Å²) in [6.07, 6.45) is 0. The number of hydrogen-bond acceptors (Lipinski definition) is 6. The number of likely N-dealkylation sites (tertiary alicyclic amines) is 1. The summed E-state index contributed by atoms with van der Waals surface area (Å²) in [4.78, 5) is 27.9. The molecule has 0 saturated carbocycles. The smallest absolute Gasteiger partial charge is 0.295 e. The van der Waals surface area contributed by atoms with E-state index in [0.717, 1.165) is 5.56 Å². The van der Waals surface area contributed by atoms with Crippen molar-refractivity contribution in [2.75, 3.05) is 13.7 Å². The van der Waals surface area contributed by atoms with Crippen molar-refractivity contribution in [3.8, 4) is 17.2 Å². The van der Waals surface area contributed by atoms with Gasteiger partial charge in [0.25, 0.3) is 11.7 Å². The number of aliphatic hydroxyl groups excluding tert-OH is 1. The van der Waals surface area contributed by atoms with Crippen LogP contribution in [0.15, 0.2) is 76.8 Å². The Bertz CT molecular complexity index is 1290. The van der Waals surface area contributed by atoms with Crippen molar-refractivity contribution in [1.29, 1.82) is 0 Å². The molecule has 0 aliphatic carbocycles. The number of nitrogens with zero attached hydrogens (tertiary/aromatic N) is 1. The van der Waals surface area contributed by atoms with Gasteiger partial charge in [0.1, 0.15) is 11.5 Å². The summed E-state index contributed by atoms with van der Waals surface area (Å²) in [6, 6.07) is 18.2. The maximum Gasteiger partial charge on any atom is 0.295 e. The van der Waals surface area contributed by atoms with Crippen LogP contribution in [0, 0.1) is 0 Å². The van der Waals surface area contributed by atoms with Gasteiger partial charge in [-0.3, -0.25) is 9.59 Å². The van der Waals surface area contributed by atoms with Gasteiger partial charge < -0.3 is 24.6 Å². The fourth-order valence-corrected chi connectivity index (χ4v) is 4.57. The summed E-state index contributed by atoms with van der Waals surface area (Å²) >= 11 is 3.32. The Labute approximate surface area is 211 Å². The van der Waals surface area contributed by atoms with E-state index in [4.69, 9.17) is 9.47 Å². The minimum atomic E-state index is -0.910. The highest BCUT2D eigenvalue weighted by Gasteiger charge is 2.46. The molecule has 0 aromatic heterocycles. The fourth-order valence-electron chi connectivity index (χ4n) is 4.11. The number of ether oxygens (including phenoxy) is 2. The molecule has 1 unspecified atom stereocenters. The second-order valence-electron chi connectivity index (χ2n) is 7.92. The van der Waals surface area contributed by atoms with E-state index >= 15 is 0 Å². The van der Waals surface area contributed by atoms with Crippen LogP contribution in [0.5, 0.6) is 17.2 Å². The number of benzene rings is 3. The topological polar surface area (TPSA) is 96.3 Å². The lowest BCUT2D eigenvalue weighted by atomic mass is 9.94. The molecule has 7 nitrogen and oxygen atoms in total. The van der Waals surface area contributed by atoms with Gasteiger partial charge in [-0.1, -0.05) is 30.3 Å². The summed E-state index contributed by atoms with van der Waals surface area (Å²) in [5.74, 6) is -1.13. The van der Waals surface area contributed by atoms with Crippen LogP contribution in [0.4, 0.5) is 0 Å². The molecule has 35 heavy (non-hydrogen) atoms. The number of ketones is 1. The first-order valence-electron chi connectivity index (χ1n) is 11.0. The number of hydrogen-bond donors (Lipinski definition) is 2.